The lowest BCUT2D eigenvalue weighted by Crippen LogP contribution is -2.31. The molecular weight excluding hydrogens is 375 g/mol. The van der Waals surface area contributed by atoms with Gasteiger partial charge in [0.05, 0.1) is 28.7 Å². The molecule has 1 unspecified atom stereocenters. The summed E-state index contributed by atoms with van der Waals surface area (Å²) >= 11 is 6.18. The van der Waals surface area contributed by atoms with Crippen molar-refractivity contribution in [3.63, 3.8) is 0 Å². The van der Waals surface area contributed by atoms with Crippen LogP contribution >= 0.6 is 11.6 Å². The second-order valence-electron chi connectivity index (χ2n) is 6.25. The van der Waals surface area contributed by atoms with Gasteiger partial charge in [-0.2, -0.15) is 5.10 Å². The maximum atomic E-state index is 14.0. The zero-order chi connectivity index (χ0) is 19.1. The number of benzene rings is 1. The average molecular weight is 391 g/mol. The second kappa shape index (κ2) is 6.70. The quantitative estimate of drug-likeness (QED) is 0.636. The van der Waals surface area contributed by atoms with Crippen molar-refractivity contribution in [1.29, 1.82) is 0 Å². The molecule has 0 saturated carbocycles. The van der Waals surface area contributed by atoms with E-state index in [-0.39, 0.29) is 17.5 Å². The predicted octanol–water partition coefficient (Wildman–Crippen LogP) is 3.35. The molecule has 0 fully saturated rings. The fourth-order valence-electron chi connectivity index (χ4n) is 3.01. The lowest BCUT2D eigenvalue weighted by atomic mass is 10.1. The summed E-state index contributed by atoms with van der Waals surface area (Å²) in [5, 5.41) is 7.27. The molecule has 0 saturated heterocycles. The van der Waals surface area contributed by atoms with Crippen LogP contribution in [0.3, 0.4) is 0 Å². The number of H-pyrrole nitrogens is 1. The predicted molar refractivity (Wildman–Crippen MR) is 96.8 cm³/mol. The minimum Gasteiger partial charge on any atom is -0.491 e. The van der Waals surface area contributed by atoms with Gasteiger partial charge < -0.3 is 14.4 Å². The summed E-state index contributed by atoms with van der Waals surface area (Å²) < 4.78 is 25.7. The molecule has 1 N–H and O–H groups in total. The van der Waals surface area contributed by atoms with E-state index in [0.29, 0.717) is 40.3 Å². The number of halogens is 2. The van der Waals surface area contributed by atoms with Crippen LogP contribution in [0.2, 0.25) is 5.02 Å². The van der Waals surface area contributed by atoms with Crippen LogP contribution in [0.25, 0.3) is 11.0 Å². The van der Waals surface area contributed by atoms with Crippen molar-refractivity contribution in [2.24, 2.45) is 0 Å². The van der Waals surface area contributed by atoms with Crippen LogP contribution in [-0.2, 0) is 0 Å². The summed E-state index contributed by atoms with van der Waals surface area (Å²) in [4.78, 5) is 18.4. The van der Waals surface area contributed by atoms with Crippen molar-refractivity contribution in [3.05, 3.63) is 46.5 Å². The standard InChI is InChI=1S/C18H16ClFN4O3/c1-9-14-13(4-3-12(20)15(14)19)26-6-5-24(2)18(25)16-11-7-10(27-9)8-21-17(11)23-22-16/h3-4,7-9H,5-6H2,1-2H3,(H,21,22,23). The van der Waals surface area contributed by atoms with E-state index >= 15 is 0 Å². The zero-order valence-electron chi connectivity index (χ0n) is 14.6. The van der Waals surface area contributed by atoms with E-state index in [2.05, 4.69) is 15.2 Å². The van der Waals surface area contributed by atoms with Gasteiger partial charge in [-0.1, -0.05) is 11.6 Å². The van der Waals surface area contributed by atoms with Gasteiger partial charge in [-0.15, -0.1) is 0 Å². The minimum absolute atomic E-state index is 0.0580. The van der Waals surface area contributed by atoms with E-state index in [9.17, 15) is 9.18 Å². The van der Waals surface area contributed by atoms with Crippen molar-refractivity contribution < 1.29 is 18.7 Å². The molecule has 9 heteroatoms. The van der Waals surface area contributed by atoms with Crippen molar-refractivity contribution in [1.82, 2.24) is 20.1 Å². The molecular formula is C18H16ClFN4O3. The Hall–Kier alpha value is -2.87. The highest BCUT2D eigenvalue weighted by Crippen LogP contribution is 2.37. The fraction of sp³-hybridized carbons (Fsp3) is 0.278. The first kappa shape index (κ1) is 17.5. The van der Waals surface area contributed by atoms with E-state index in [1.54, 1.807) is 20.0 Å². The Bertz CT molecular complexity index is 1040. The number of aromatic nitrogens is 3. The molecule has 1 amide bonds. The van der Waals surface area contributed by atoms with Crippen LogP contribution in [0, 0.1) is 5.82 Å². The summed E-state index contributed by atoms with van der Waals surface area (Å²) in [6.45, 7) is 2.26. The van der Waals surface area contributed by atoms with Crippen molar-refractivity contribution in [3.8, 4) is 11.5 Å². The van der Waals surface area contributed by atoms with Gasteiger partial charge >= 0.3 is 0 Å². The van der Waals surface area contributed by atoms with Crippen LogP contribution in [0.4, 0.5) is 4.39 Å². The smallest absolute Gasteiger partial charge is 0.272 e. The van der Waals surface area contributed by atoms with E-state index in [0.717, 1.165) is 0 Å². The fourth-order valence-corrected chi connectivity index (χ4v) is 3.32. The highest BCUT2D eigenvalue weighted by molar-refractivity contribution is 6.31. The first-order valence-electron chi connectivity index (χ1n) is 8.32. The molecule has 140 valence electrons. The second-order valence-corrected chi connectivity index (χ2v) is 6.63. The summed E-state index contributed by atoms with van der Waals surface area (Å²) in [6.07, 6.45) is 0.886. The van der Waals surface area contributed by atoms with Gasteiger partial charge in [0, 0.05) is 7.05 Å². The largest absolute Gasteiger partial charge is 0.491 e. The highest BCUT2D eigenvalue weighted by Gasteiger charge is 2.24. The first-order chi connectivity index (χ1) is 13.0. The van der Waals surface area contributed by atoms with E-state index in [4.69, 9.17) is 21.1 Å². The molecule has 27 heavy (non-hydrogen) atoms. The van der Waals surface area contributed by atoms with Gasteiger partial charge in [-0.3, -0.25) is 9.89 Å². The summed E-state index contributed by atoms with van der Waals surface area (Å²) in [7, 11) is 1.66. The molecule has 4 rings (SSSR count). The molecule has 1 aromatic carbocycles. The molecule has 0 aliphatic carbocycles. The number of hydrogen-bond acceptors (Lipinski definition) is 5. The molecule has 1 aliphatic heterocycles. The maximum Gasteiger partial charge on any atom is 0.272 e. The molecule has 3 heterocycles. The van der Waals surface area contributed by atoms with Crippen LogP contribution in [0.5, 0.6) is 11.5 Å². The molecule has 2 aromatic heterocycles. The van der Waals surface area contributed by atoms with Crippen LogP contribution in [0.1, 0.15) is 29.1 Å². The average Bonchev–Trinajstić information content (AvgIpc) is 3.06. The number of fused-ring (bicyclic) bond motifs is 2. The van der Waals surface area contributed by atoms with E-state index in [1.165, 1.54) is 23.2 Å². The summed E-state index contributed by atoms with van der Waals surface area (Å²) in [6, 6.07) is 4.42. The molecule has 1 aliphatic rings. The van der Waals surface area contributed by atoms with Gasteiger partial charge in [0.2, 0.25) is 0 Å². The Balaban J connectivity index is 1.85. The SMILES string of the molecule is CC1Oc2cnc3n[nH]c(c3c2)C(=O)N(C)CCOc2ccc(F)c(Cl)c21. The highest BCUT2D eigenvalue weighted by atomic mass is 35.5. The van der Waals surface area contributed by atoms with Crippen LogP contribution < -0.4 is 9.47 Å². The lowest BCUT2D eigenvalue weighted by molar-refractivity contribution is 0.0769. The normalized spacial score (nSPS) is 17.6. The molecule has 7 nitrogen and oxygen atoms in total. The summed E-state index contributed by atoms with van der Waals surface area (Å²) in [5.41, 5.74) is 1.12. The number of nitrogens with one attached hydrogen (secondary N) is 1. The van der Waals surface area contributed by atoms with Crippen LogP contribution in [-0.4, -0.2) is 46.2 Å². The number of carbonyl (C=O) groups excluding carboxylic acids is 1. The number of carbonyl (C=O) groups is 1. The monoisotopic (exact) mass is 390 g/mol. The van der Waals surface area contributed by atoms with Crippen molar-refractivity contribution >= 4 is 28.5 Å². The Morgan fingerprint density at radius 2 is 2.22 bits per heavy atom. The van der Waals surface area contributed by atoms with E-state index < -0.39 is 11.9 Å². The van der Waals surface area contributed by atoms with Crippen molar-refractivity contribution in [2.75, 3.05) is 20.2 Å². The number of rotatable bonds is 0. The van der Waals surface area contributed by atoms with Crippen LogP contribution in [0.15, 0.2) is 24.4 Å². The van der Waals surface area contributed by atoms with E-state index in [1.807, 2.05) is 0 Å². The minimum atomic E-state index is -0.605. The number of aromatic amines is 1. The first-order valence-corrected chi connectivity index (χ1v) is 8.70. The Kier molecular flexibility index (Phi) is 4.35. The van der Waals surface area contributed by atoms with Gasteiger partial charge in [0.1, 0.15) is 35.7 Å². The number of amides is 1. The topological polar surface area (TPSA) is 80.3 Å². The number of likely N-dealkylation sites (N-methyl/N-ethyl adjacent to an activating group) is 1. The third-order valence-corrected chi connectivity index (χ3v) is 4.83. The van der Waals surface area contributed by atoms with Crippen molar-refractivity contribution in [2.45, 2.75) is 13.0 Å². The Labute approximate surface area is 159 Å². The molecule has 2 bridgehead atoms. The zero-order valence-corrected chi connectivity index (χ0v) is 15.4. The van der Waals surface area contributed by atoms with Gasteiger partial charge in [-0.05, 0) is 25.1 Å². The van der Waals surface area contributed by atoms with Gasteiger partial charge in [0.15, 0.2) is 5.65 Å². The third kappa shape index (κ3) is 3.06. The third-order valence-electron chi connectivity index (χ3n) is 4.44. The lowest BCUT2D eigenvalue weighted by Gasteiger charge is -2.21. The molecule has 0 radical (unpaired) electrons. The Morgan fingerprint density at radius 1 is 1.41 bits per heavy atom. The number of ether oxygens (including phenoxy) is 2. The molecule has 0 spiro atoms. The molecule has 1 atom stereocenters. The number of nitrogens with zero attached hydrogens (tertiary/aromatic N) is 3. The van der Waals surface area contributed by atoms with Gasteiger partial charge in [-0.25, -0.2) is 9.37 Å². The maximum absolute atomic E-state index is 14.0. The number of pyridine rings is 1. The van der Waals surface area contributed by atoms with Gasteiger partial charge in [0.25, 0.3) is 5.91 Å². The number of hydrogen-bond donors (Lipinski definition) is 1. The summed E-state index contributed by atoms with van der Waals surface area (Å²) in [5.74, 6) is 0.00309. The molecule has 3 aromatic rings. The Morgan fingerprint density at radius 3 is 3.04 bits per heavy atom.